The quantitative estimate of drug-likeness (QED) is 0.557. The summed E-state index contributed by atoms with van der Waals surface area (Å²) in [5.74, 6) is 2.22. The first-order chi connectivity index (χ1) is 13.4. The molecule has 0 saturated carbocycles. The van der Waals surface area contributed by atoms with Gasteiger partial charge >= 0.3 is 0 Å². The Morgan fingerprint density at radius 1 is 1.14 bits per heavy atom. The second kappa shape index (κ2) is 11.1. The van der Waals surface area contributed by atoms with Gasteiger partial charge in [0.1, 0.15) is 0 Å². The van der Waals surface area contributed by atoms with E-state index in [1.54, 1.807) is 19.0 Å². The van der Waals surface area contributed by atoms with Crippen molar-refractivity contribution in [3.8, 4) is 0 Å². The van der Waals surface area contributed by atoms with Gasteiger partial charge in [-0.3, -0.25) is 9.69 Å². The molecule has 0 bridgehead atoms. The summed E-state index contributed by atoms with van der Waals surface area (Å²) in [6, 6.07) is 8.55. The van der Waals surface area contributed by atoms with E-state index in [1.165, 1.54) is 30.6 Å². The van der Waals surface area contributed by atoms with Gasteiger partial charge in [-0.1, -0.05) is 38.1 Å². The SMILES string of the molecule is CCNC(=NCc1ccccc1CN1CC(C)CC(C)C1)NCC(=O)N(C)C. The smallest absolute Gasteiger partial charge is 0.241 e. The van der Waals surface area contributed by atoms with Crippen LogP contribution in [0, 0.1) is 11.8 Å². The molecule has 1 heterocycles. The predicted molar refractivity (Wildman–Crippen MR) is 116 cm³/mol. The van der Waals surface area contributed by atoms with Crippen molar-refractivity contribution in [2.75, 3.05) is 40.3 Å². The number of amides is 1. The minimum absolute atomic E-state index is 0.0272. The molecule has 0 aromatic heterocycles. The van der Waals surface area contributed by atoms with Crippen molar-refractivity contribution in [3.05, 3.63) is 35.4 Å². The molecule has 2 atom stereocenters. The van der Waals surface area contributed by atoms with Gasteiger partial charge in [0.05, 0.1) is 13.1 Å². The second-order valence-electron chi connectivity index (χ2n) is 8.25. The Labute approximate surface area is 170 Å². The molecule has 1 saturated heterocycles. The number of carbonyl (C=O) groups is 1. The Hall–Kier alpha value is -2.08. The van der Waals surface area contributed by atoms with E-state index in [9.17, 15) is 4.79 Å². The van der Waals surface area contributed by atoms with Crippen molar-refractivity contribution in [2.45, 2.75) is 40.3 Å². The third-order valence-electron chi connectivity index (χ3n) is 5.11. The number of nitrogens with one attached hydrogen (secondary N) is 2. The number of hydrogen-bond donors (Lipinski definition) is 2. The molecule has 2 N–H and O–H groups in total. The number of carbonyl (C=O) groups excluding carboxylic acids is 1. The molecule has 6 nitrogen and oxygen atoms in total. The van der Waals surface area contributed by atoms with Crippen molar-refractivity contribution in [3.63, 3.8) is 0 Å². The minimum Gasteiger partial charge on any atom is -0.357 e. The predicted octanol–water partition coefficient (Wildman–Crippen LogP) is 2.31. The Bertz CT molecular complexity index is 648. The Morgan fingerprint density at radius 3 is 2.39 bits per heavy atom. The number of likely N-dealkylation sites (N-methyl/N-ethyl adjacent to an activating group) is 1. The van der Waals surface area contributed by atoms with Gasteiger partial charge in [0.15, 0.2) is 5.96 Å². The van der Waals surface area contributed by atoms with Gasteiger partial charge in [0.2, 0.25) is 5.91 Å². The van der Waals surface area contributed by atoms with Crippen LogP contribution in [0.1, 0.15) is 38.3 Å². The molecular formula is C22H37N5O. The van der Waals surface area contributed by atoms with E-state index in [-0.39, 0.29) is 12.5 Å². The third kappa shape index (κ3) is 7.15. The number of nitrogens with zero attached hydrogens (tertiary/aromatic N) is 3. The maximum absolute atomic E-state index is 11.8. The molecule has 156 valence electrons. The molecular weight excluding hydrogens is 350 g/mol. The van der Waals surface area contributed by atoms with Gasteiger partial charge in [-0.25, -0.2) is 4.99 Å². The summed E-state index contributed by atoms with van der Waals surface area (Å²) >= 11 is 0. The molecule has 0 radical (unpaired) electrons. The molecule has 2 unspecified atom stereocenters. The van der Waals surface area contributed by atoms with Crippen LogP contribution in [0.4, 0.5) is 0 Å². The van der Waals surface area contributed by atoms with E-state index in [4.69, 9.17) is 4.99 Å². The van der Waals surface area contributed by atoms with Crippen LogP contribution in [-0.2, 0) is 17.9 Å². The maximum atomic E-state index is 11.8. The largest absolute Gasteiger partial charge is 0.357 e. The number of hydrogen-bond acceptors (Lipinski definition) is 3. The number of rotatable bonds is 7. The van der Waals surface area contributed by atoms with Crippen LogP contribution in [0.2, 0.25) is 0 Å². The Kier molecular flexibility index (Phi) is 8.77. The van der Waals surface area contributed by atoms with E-state index in [2.05, 4.69) is 53.6 Å². The minimum atomic E-state index is 0.0272. The first-order valence-corrected chi connectivity index (χ1v) is 10.4. The van der Waals surface area contributed by atoms with Crippen LogP contribution in [0.3, 0.4) is 0 Å². The van der Waals surface area contributed by atoms with Crippen molar-refractivity contribution in [1.82, 2.24) is 20.4 Å². The molecule has 1 aromatic carbocycles. The number of aliphatic imine (C=N–C) groups is 1. The standard InChI is InChI=1S/C22H37N5O/c1-6-23-22(25-13-21(28)26(4)5)24-12-19-9-7-8-10-20(19)16-27-14-17(2)11-18(3)15-27/h7-10,17-18H,6,11-16H2,1-5H3,(H2,23,24,25). The van der Waals surface area contributed by atoms with Crippen LogP contribution in [0.15, 0.2) is 29.3 Å². The highest BCUT2D eigenvalue weighted by molar-refractivity contribution is 5.86. The fraction of sp³-hybridized carbons (Fsp3) is 0.636. The van der Waals surface area contributed by atoms with Crippen LogP contribution >= 0.6 is 0 Å². The highest BCUT2D eigenvalue weighted by Gasteiger charge is 2.22. The molecule has 1 amide bonds. The van der Waals surface area contributed by atoms with Crippen LogP contribution < -0.4 is 10.6 Å². The first kappa shape index (κ1) is 22.2. The number of guanidine groups is 1. The van der Waals surface area contributed by atoms with E-state index in [0.717, 1.165) is 24.9 Å². The van der Waals surface area contributed by atoms with Crippen LogP contribution in [0.5, 0.6) is 0 Å². The Morgan fingerprint density at radius 2 is 1.79 bits per heavy atom. The number of benzene rings is 1. The lowest BCUT2D eigenvalue weighted by molar-refractivity contribution is -0.127. The molecule has 28 heavy (non-hydrogen) atoms. The van der Waals surface area contributed by atoms with Gasteiger partial charge in [-0.05, 0) is 36.3 Å². The monoisotopic (exact) mass is 387 g/mol. The van der Waals surface area contributed by atoms with E-state index < -0.39 is 0 Å². The van der Waals surface area contributed by atoms with Crippen LogP contribution in [-0.4, -0.2) is 61.9 Å². The van der Waals surface area contributed by atoms with Gasteiger partial charge in [0.25, 0.3) is 0 Å². The fourth-order valence-corrected chi connectivity index (χ4v) is 3.85. The lowest BCUT2D eigenvalue weighted by atomic mass is 9.91. The second-order valence-corrected chi connectivity index (χ2v) is 8.25. The van der Waals surface area contributed by atoms with Crippen molar-refractivity contribution in [2.24, 2.45) is 16.8 Å². The third-order valence-corrected chi connectivity index (χ3v) is 5.11. The van der Waals surface area contributed by atoms with E-state index >= 15 is 0 Å². The molecule has 0 aliphatic carbocycles. The molecule has 2 rings (SSSR count). The number of piperidine rings is 1. The normalized spacial score (nSPS) is 20.7. The summed E-state index contributed by atoms with van der Waals surface area (Å²) in [5.41, 5.74) is 2.58. The van der Waals surface area contributed by atoms with Crippen molar-refractivity contribution in [1.29, 1.82) is 0 Å². The van der Waals surface area contributed by atoms with Crippen molar-refractivity contribution >= 4 is 11.9 Å². The molecule has 1 aliphatic heterocycles. The van der Waals surface area contributed by atoms with Gasteiger partial charge < -0.3 is 15.5 Å². The highest BCUT2D eigenvalue weighted by Crippen LogP contribution is 2.23. The topological polar surface area (TPSA) is 60.0 Å². The molecule has 1 aliphatic rings. The summed E-state index contributed by atoms with van der Waals surface area (Å²) in [4.78, 5) is 20.7. The van der Waals surface area contributed by atoms with E-state index in [1.807, 2.05) is 6.92 Å². The fourth-order valence-electron chi connectivity index (χ4n) is 3.85. The summed E-state index contributed by atoms with van der Waals surface area (Å²) in [6.07, 6.45) is 1.33. The summed E-state index contributed by atoms with van der Waals surface area (Å²) in [7, 11) is 3.51. The van der Waals surface area contributed by atoms with Gasteiger partial charge in [-0.2, -0.15) is 0 Å². The molecule has 0 spiro atoms. The highest BCUT2D eigenvalue weighted by atomic mass is 16.2. The average Bonchev–Trinajstić information content (AvgIpc) is 2.63. The first-order valence-electron chi connectivity index (χ1n) is 10.4. The molecule has 1 aromatic rings. The molecule has 6 heteroatoms. The number of likely N-dealkylation sites (tertiary alicyclic amines) is 1. The zero-order valence-corrected chi connectivity index (χ0v) is 18.2. The lowest BCUT2D eigenvalue weighted by Crippen LogP contribution is -2.42. The maximum Gasteiger partial charge on any atom is 0.241 e. The lowest BCUT2D eigenvalue weighted by Gasteiger charge is -2.35. The zero-order valence-electron chi connectivity index (χ0n) is 18.2. The summed E-state index contributed by atoms with van der Waals surface area (Å²) < 4.78 is 0. The average molecular weight is 388 g/mol. The van der Waals surface area contributed by atoms with E-state index in [0.29, 0.717) is 12.5 Å². The zero-order chi connectivity index (χ0) is 20.5. The van der Waals surface area contributed by atoms with Gasteiger partial charge in [-0.15, -0.1) is 0 Å². The summed E-state index contributed by atoms with van der Waals surface area (Å²) in [5, 5.41) is 6.34. The summed E-state index contributed by atoms with van der Waals surface area (Å²) in [6.45, 7) is 11.6. The van der Waals surface area contributed by atoms with Crippen molar-refractivity contribution < 1.29 is 4.79 Å². The van der Waals surface area contributed by atoms with Gasteiger partial charge in [0, 0.05) is 40.3 Å². The molecule has 1 fully saturated rings. The van der Waals surface area contributed by atoms with Crippen LogP contribution in [0.25, 0.3) is 0 Å². The Balaban J connectivity index is 2.03.